The lowest BCUT2D eigenvalue weighted by Crippen LogP contribution is -2.11. The maximum Gasteiger partial charge on any atom is 0.359 e. The van der Waals surface area contributed by atoms with Gasteiger partial charge in [0.1, 0.15) is 5.56 Å². The molecule has 2 aromatic rings. The van der Waals surface area contributed by atoms with Gasteiger partial charge in [-0.3, -0.25) is 0 Å². The number of carbonyl (C=O) groups excluding carboxylic acids is 1. The molecule has 0 amide bonds. The molecule has 1 heterocycles. The quantitative estimate of drug-likeness (QED) is 0.873. The van der Waals surface area contributed by atoms with Crippen LogP contribution in [0.15, 0.2) is 24.4 Å². The van der Waals surface area contributed by atoms with Gasteiger partial charge in [-0.1, -0.05) is 6.07 Å². The number of carbonyl (C=O) groups is 2. The van der Waals surface area contributed by atoms with Gasteiger partial charge in [0.15, 0.2) is 5.69 Å². The predicted molar refractivity (Wildman–Crippen MR) is 76.0 cm³/mol. The fourth-order valence-corrected chi connectivity index (χ4v) is 2.10. The Morgan fingerprint density at radius 1 is 1.24 bits per heavy atom. The predicted octanol–water partition coefficient (Wildman–Crippen LogP) is 2.36. The van der Waals surface area contributed by atoms with Crippen molar-refractivity contribution in [2.45, 2.75) is 20.8 Å². The van der Waals surface area contributed by atoms with Crippen molar-refractivity contribution in [2.24, 2.45) is 0 Å². The maximum absolute atomic E-state index is 11.8. The summed E-state index contributed by atoms with van der Waals surface area (Å²) in [7, 11) is 0. The van der Waals surface area contributed by atoms with Crippen LogP contribution in [0.1, 0.15) is 38.9 Å². The number of ether oxygens (including phenoxy) is 1. The number of aromatic carboxylic acids is 1. The third-order valence-corrected chi connectivity index (χ3v) is 2.88. The number of carboxylic acid groups (broad SMARTS) is 1. The zero-order chi connectivity index (χ0) is 15.6. The van der Waals surface area contributed by atoms with E-state index in [1.54, 1.807) is 6.92 Å². The average Bonchev–Trinajstić information content (AvgIpc) is 2.83. The van der Waals surface area contributed by atoms with Crippen LogP contribution in [-0.2, 0) is 4.74 Å². The van der Waals surface area contributed by atoms with Crippen LogP contribution in [0, 0.1) is 13.8 Å². The molecule has 0 radical (unpaired) electrons. The molecule has 1 N–H and O–H groups in total. The molecule has 6 heteroatoms. The molecule has 1 aromatic heterocycles. The summed E-state index contributed by atoms with van der Waals surface area (Å²) in [5, 5.41) is 13.3. The minimum Gasteiger partial charge on any atom is -0.478 e. The minimum atomic E-state index is -1.21. The van der Waals surface area contributed by atoms with Crippen LogP contribution in [0.4, 0.5) is 0 Å². The lowest BCUT2D eigenvalue weighted by Gasteiger charge is -2.04. The molecule has 6 nitrogen and oxygen atoms in total. The molecule has 21 heavy (non-hydrogen) atoms. The molecule has 0 bridgehead atoms. The van der Waals surface area contributed by atoms with E-state index in [0.717, 1.165) is 11.1 Å². The first-order valence-corrected chi connectivity index (χ1v) is 6.51. The van der Waals surface area contributed by atoms with Crippen molar-refractivity contribution in [3.05, 3.63) is 46.8 Å². The summed E-state index contributed by atoms with van der Waals surface area (Å²) in [6, 6.07) is 5.72. The topological polar surface area (TPSA) is 81.4 Å². The van der Waals surface area contributed by atoms with Crippen LogP contribution in [0.25, 0.3) is 5.69 Å². The molecule has 110 valence electrons. The molecule has 0 saturated heterocycles. The van der Waals surface area contributed by atoms with E-state index >= 15 is 0 Å². The molecule has 0 fully saturated rings. The van der Waals surface area contributed by atoms with E-state index < -0.39 is 11.9 Å². The number of hydrogen-bond acceptors (Lipinski definition) is 4. The van der Waals surface area contributed by atoms with Gasteiger partial charge >= 0.3 is 11.9 Å². The first kappa shape index (κ1) is 14.8. The van der Waals surface area contributed by atoms with E-state index in [1.807, 2.05) is 32.0 Å². The lowest BCUT2D eigenvalue weighted by molar-refractivity contribution is 0.0507. The highest BCUT2D eigenvalue weighted by Crippen LogP contribution is 2.17. The highest BCUT2D eigenvalue weighted by Gasteiger charge is 2.23. The number of aromatic nitrogens is 2. The fraction of sp³-hybridized carbons (Fsp3) is 0.267. The third-order valence-electron chi connectivity index (χ3n) is 2.88. The van der Waals surface area contributed by atoms with Gasteiger partial charge in [0.25, 0.3) is 0 Å². The Balaban J connectivity index is 2.53. The number of aryl methyl sites for hydroxylation is 2. The van der Waals surface area contributed by atoms with Crippen molar-refractivity contribution >= 4 is 11.9 Å². The van der Waals surface area contributed by atoms with Crippen LogP contribution in [0.5, 0.6) is 0 Å². The number of hydrogen-bond donors (Lipinski definition) is 1. The Bertz CT molecular complexity index is 683. The van der Waals surface area contributed by atoms with Crippen molar-refractivity contribution in [1.29, 1.82) is 0 Å². The van der Waals surface area contributed by atoms with Gasteiger partial charge in [0.2, 0.25) is 0 Å². The minimum absolute atomic E-state index is 0.161. The van der Waals surface area contributed by atoms with E-state index in [-0.39, 0.29) is 17.9 Å². The zero-order valence-corrected chi connectivity index (χ0v) is 12.1. The molecule has 0 unspecified atom stereocenters. The second-order valence-corrected chi connectivity index (χ2v) is 4.71. The molecule has 0 saturated carbocycles. The molecule has 0 aliphatic heterocycles. The second kappa shape index (κ2) is 5.78. The molecular formula is C15H16N2O4. The van der Waals surface area contributed by atoms with Crippen molar-refractivity contribution < 1.29 is 19.4 Å². The summed E-state index contributed by atoms with van der Waals surface area (Å²) < 4.78 is 6.22. The molecule has 0 aliphatic rings. The SMILES string of the molecule is CCOC(=O)c1nn(-c2cc(C)cc(C)c2)cc1C(=O)O. The van der Waals surface area contributed by atoms with Crippen LogP contribution < -0.4 is 0 Å². The Morgan fingerprint density at radius 3 is 2.38 bits per heavy atom. The first-order valence-electron chi connectivity index (χ1n) is 6.51. The maximum atomic E-state index is 11.8. The van der Waals surface area contributed by atoms with Gasteiger partial charge in [0, 0.05) is 6.20 Å². The van der Waals surface area contributed by atoms with Crippen LogP contribution in [-0.4, -0.2) is 33.4 Å². The largest absolute Gasteiger partial charge is 0.478 e. The van der Waals surface area contributed by atoms with E-state index in [0.29, 0.717) is 5.69 Å². The summed E-state index contributed by atoms with van der Waals surface area (Å²) in [6.45, 7) is 5.68. The number of nitrogens with zero attached hydrogens (tertiary/aromatic N) is 2. The number of carboxylic acids is 1. The van der Waals surface area contributed by atoms with Crippen molar-refractivity contribution in [3.63, 3.8) is 0 Å². The molecule has 0 aliphatic carbocycles. The van der Waals surface area contributed by atoms with Crippen LogP contribution >= 0.6 is 0 Å². The van der Waals surface area contributed by atoms with Gasteiger partial charge in [0.05, 0.1) is 12.3 Å². The van der Waals surface area contributed by atoms with Gasteiger partial charge in [-0.25, -0.2) is 14.3 Å². The van der Waals surface area contributed by atoms with E-state index in [1.165, 1.54) is 10.9 Å². The molecule has 1 aromatic carbocycles. The summed E-state index contributed by atoms with van der Waals surface area (Å²) in [6.07, 6.45) is 1.32. The second-order valence-electron chi connectivity index (χ2n) is 4.71. The van der Waals surface area contributed by atoms with E-state index in [2.05, 4.69) is 5.10 Å². The Kier molecular flexibility index (Phi) is 4.07. The van der Waals surface area contributed by atoms with Crippen LogP contribution in [0.3, 0.4) is 0 Å². The molecular weight excluding hydrogens is 272 g/mol. The Hall–Kier alpha value is -2.63. The van der Waals surface area contributed by atoms with Crippen LogP contribution in [0.2, 0.25) is 0 Å². The molecule has 0 atom stereocenters. The Morgan fingerprint density at radius 2 is 1.86 bits per heavy atom. The number of benzene rings is 1. The average molecular weight is 288 g/mol. The first-order chi connectivity index (χ1) is 9.92. The summed E-state index contributed by atoms with van der Waals surface area (Å²) in [5.41, 5.74) is 2.38. The monoisotopic (exact) mass is 288 g/mol. The summed E-state index contributed by atoms with van der Waals surface area (Å²) in [5.74, 6) is -1.95. The Labute approximate surface area is 122 Å². The zero-order valence-electron chi connectivity index (χ0n) is 12.1. The van der Waals surface area contributed by atoms with Crippen molar-refractivity contribution in [2.75, 3.05) is 6.61 Å². The van der Waals surface area contributed by atoms with Gasteiger partial charge in [-0.05, 0) is 44.0 Å². The fourth-order valence-electron chi connectivity index (χ4n) is 2.10. The smallest absolute Gasteiger partial charge is 0.359 e. The lowest BCUT2D eigenvalue weighted by atomic mass is 10.1. The standard InChI is InChI=1S/C15H16N2O4/c1-4-21-15(20)13-12(14(18)19)8-17(16-13)11-6-9(2)5-10(3)7-11/h5-8H,4H2,1-3H3,(H,18,19). The molecule has 0 spiro atoms. The van der Waals surface area contributed by atoms with Gasteiger partial charge in [-0.2, -0.15) is 5.10 Å². The van der Waals surface area contributed by atoms with Crippen molar-refractivity contribution in [3.8, 4) is 5.69 Å². The summed E-state index contributed by atoms with van der Waals surface area (Å²) >= 11 is 0. The molecule has 2 rings (SSSR count). The van der Waals surface area contributed by atoms with Crippen molar-refractivity contribution in [1.82, 2.24) is 9.78 Å². The van der Waals surface area contributed by atoms with Gasteiger partial charge < -0.3 is 9.84 Å². The normalized spacial score (nSPS) is 10.4. The number of esters is 1. The van der Waals surface area contributed by atoms with Gasteiger partial charge in [-0.15, -0.1) is 0 Å². The third kappa shape index (κ3) is 3.10. The highest BCUT2D eigenvalue weighted by atomic mass is 16.5. The summed E-state index contributed by atoms with van der Waals surface area (Å²) in [4.78, 5) is 23.0. The highest BCUT2D eigenvalue weighted by molar-refractivity contribution is 6.00. The van der Waals surface area contributed by atoms with E-state index in [9.17, 15) is 14.7 Å². The number of rotatable bonds is 4. The van der Waals surface area contributed by atoms with E-state index in [4.69, 9.17) is 4.74 Å².